The largest absolute Gasteiger partial charge is 0.463 e. The highest BCUT2D eigenvalue weighted by Crippen LogP contribution is 2.13. The van der Waals surface area contributed by atoms with E-state index >= 15 is 0 Å². The summed E-state index contributed by atoms with van der Waals surface area (Å²) in [6.07, 6.45) is 8.33. The van der Waals surface area contributed by atoms with Crippen molar-refractivity contribution in [2.24, 2.45) is 0 Å². The number of esters is 1. The highest BCUT2D eigenvalue weighted by molar-refractivity contribution is 5.81. The lowest BCUT2D eigenvalue weighted by molar-refractivity contribution is -0.162. The van der Waals surface area contributed by atoms with Crippen molar-refractivity contribution in [3.05, 3.63) is 12.2 Å². The monoisotopic (exact) mass is 242 g/mol. The Balaban J connectivity index is 1.94. The lowest BCUT2D eigenvalue weighted by atomic mass is 10.2. The number of carbonyl (C=O) groups is 1. The first-order chi connectivity index (χ1) is 8.33. The second-order valence-electron chi connectivity index (χ2n) is 3.96. The van der Waals surface area contributed by atoms with Crippen LogP contribution in [0.4, 0.5) is 0 Å². The Kier molecular flexibility index (Phi) is 7.67. The predicted octanol–water partition coefficient (Wildman–Crippen LogP) is 2.43. The van der Waals surface area contributed by atoms with Crippen LogP contribution in [0.5, 0.6) is 0 Å². The summed E-state index contributed by atoms with van der Waals surface area (Å²) >= 11 is 0. The van der Waals surface area contributed by atoms with Gasteiger partial charge in [0.05, 0.1) is 13.2 Å². The molecule has 1 aliphatic heterocycles. The zero-order chi connectivity index (χ0) is 12.3. The molecule has 1 saturated heterocycles. The molecule has 0 aliphatic carbocycles. The molecule has 0 unspecified atom stereocenters. The summed E-state index contributed by atoms with van der Waals surface area (Å²) in [6, 6.07) is 0. The number of allylic oxidation sites excluding steroid dienone is 1. The maximum Gasteiger partial charge on any atom is 0.330 e. The van der Waals surface area contributed by atoms with E-state index in [1.807, 2.05) is 6.08 Å². The lowest BCUT2D eigenvalue weighted by Crippen LogP contribution is -2.22. The molecule has 1 heterocycles. The summed E-state index contributed by atoms with van der Waals surface area (Å²) in [6.45, 7) is 3.71. The molecule has 0 aromatic heterocycles. The van der Waals surface area contributed by atoms with Crippen LogP contribution in [0, 0.1) is 0 Å². The molecule has 0 spiro atoms. The second-order valence-corrected chi connectivity index (χ2v) is 3.96. The van der Waals surface area contributed by atoms with Crippen LogP contribution in [0.15, 0.2) is 12.2 Å². The van der Waals surface area contributed by atoms with Gasteiger partial charge in [-0.15, -0.1) is 0 Å². The summed E-state index contributed by atoms with van der Waals surface area (Å²) in [7, 11) is 0. The zero-order valence-electron chi connectivity index (χ0n) is 10.5. The third-order valence-corrected chi connectivity index (χ3v) is 2.50. The van der Waals surface area contributed by atoms with E-state index in [0.717, 1.165) is 32.3 Å². The first-order valence-corrected chi connectivity index (χ1v) is 6.39. The van der Waals surface area contributed by atoms with Crippen molar-refractivity contribution < 1.29 is 19.0 Å². The van der Waals surface area contributed by atoms with E-state index in [0.29, 0.717) is 13.2 Å². The highest BCUT2D eigenvalue weighted by atomic mass is 16.7. The van der Waals surface area contributed by atoms with Crippen LogP contribution in [0.3, 0.4) is 0 Å². The maximum absolute atomic E-state index is 11.0. The van der Waals surface area contributed by atoms with E-state index in [1.165, 1.54) is 12.5 Å². The van der Waals surface area contributed by atoms with E-state index in [4.69, 9.17) is 14.2 Å². The van der Waals surface area contributed by atoms with Crippen molar-refractivity contribution in [2.75, 3.05) is 19.8 Å². The van der Waals surface area contributed by atoms with Gasteiger partial charge in [0.1, 0.15) is 0 Å². The molecule has 4 nitrogen and oxygen atoms in total. The Morgan fingerprint density at radius 3 is 3.06 bits per heavy atom. The molecule has 0 saturated carbocycles. The van der Waals surface area contributed by atoms with Gasteiger partial charge < -0.3 is 14.2 Å². The molecule has 1 rings (SSSR count). The van der Waals surface area contributed by atoms with E-state index in [2.05, 4.69) is 0 Å². The molecule has 4 heteroatoms. The van der Waals surface area contributed by atoms with Crippen LogP contribution in [0.1, 0.15) is 39.0 Å². The normalized spacial score (nSPS) is 20.6. The lowest BCUT2D eigenvalue weighted by Gasteiger charge is -2.22. The minimum absolute atomic E-state index is 0.0159. The van der Waals surface area contributed by atoms with Crippen molar-refractivity contribution >= 4 is 5.97 Å². The average molecular weight is 242 g/mol. The predicted molar refractivity (Wildman–Crippen MR) is 64.6 cm³/mol. The van der Waals surface area contributed by atoms with Crippen molar-refractivity contribution in [2.45, 2.75) is 45.3 Å². The van der Waals surface area contributed by atoms with Gasteiger partial charge in [0.25, 0.3) is 0 Å². The number of rotatable bonds is 7. The van der Waals surface area contributed by atoms with E-state index in [1.54, 1.807) is 6.92 Å². The SMILES string of the molecule is CCOC(=O)C=CCCCO[C@@H]1CCCCO1. The van der Waals surface area contributed by atoms with Gasteiger partial charge in [-0.25, -0.2) is 4.79 Å². The molecule has 0 bridgehead atoms. The number of ether oxygens (including phenoxy) is 3. The van der Waals surface area contributed by atoms with Gasteiger partial charge in [-0.2, -0.15) is 0 Å². The molecule has 0 amide bonds. The van der Waals surface area contributed by atoms with Crippen LogP contribution in [0.2, 0.25) is 0 Å². The molecule has 17 heavy (non-hydrogen) atoms. The third-order valence-electron chi connectivity index (χ3n) is 2.50. The first kappa shape index (κ1) is 14.2. The Labute approximate surface area is 103 Å². The van der Waals surface area contributed by atoms with Crippen LogP contribution < -0.4 is 0 Å². The number of hydrogen-bond acceptors (Lipinski definition) is 4. The van der Waals surface area contributed by atoms with Gasteiger partial charge in [-0.3, -0.25) is 0 Å². The molecular formula is C13H22O4. The molecule has 1 atom stereocenters. The van der Waals surface area contributed by atoms with Gasteiger partial charge >= 0.3 is 5.97 Å². The Hall–Kier alpha value is -0.870. The highest BCUT2D eigenvalue weighted by Gasteiger charge is 2.12. The molecule has 1 fully saturated rings. The fourth-order valence-electron chi connectivity index (χ4n) is 1.63. The smallest absolute Gasteiger partial charge is 0.330 e. The topological polar surface area (TPSA) is 44.8 Å². The number of carbonyl (C=O) groups excluding carboxylic acids is 1. The maximum atomic E-state index is 11.0. The molecule has 0 aromatic rings. The van der Waals surface area contributed by atoms with Crippen molar-refractivity contribution in [3.8, 4) is 0 Å². The fraction of sp³-hybridized carbons (Fsp3) is 0.769. The summed E-state index contributed by atoms with van der Waals surface area (Å²) in [5, 5.41) is 0. The van der Waals surface area contributed by atoms with Crippen LogP contribution in [-0.2, 0) is 19.0 Å². The van der Waals surface area contributed by atoms with Crippen LogP contribution in [0.25, 0.3) is 0 Å². The van der Waals surface area contributed by atoms with Gasteiger partial charge in [0, 0.05) is 12.7 Å². The summed E-state index contributed by atoms with van der Waals surface area (Å²) in [5.41, 5.74) is 0. The van der Waals surface area contributed by atoms with Gasteiger partial charge in [-0.1, -0.05) is 6.08 Å². The molecular weight excluding hydrogens is 220 g/mol. The minimum Gasteiger partial charge on any atom is -0.463 e. The molecule has 0 N–H and O–H groups in total. The van der Waals surface area contributed by atoms with E-state index < -0.39 is 0 Å². The van der Waals surface area contributed by atoms with E-state index in [9.17, 15) is 4.79 Å². The summed E-state index contributed by atoms with van der Waals surface area (Å²) in [4.78, 5) is 11.0. The Morgan fingerprint density at radius 2 is 2.35 bits per heavy atom. The van der Waals surface area contributed by atoms with Gasteiger partial charge in [-0.05, 0) is 39.0 Å². The quantitative estimate of drug-likeness (QED) is 0.391. The Morgan fingerprint density at radius 1 is 1.47 bits per heavy atom. The molecule has 0 aromatic carbocycles. The fourth-order valence-corrected chi connectivity index (χ4v) is 1.63. The second kappa shape index (κ2) is 9.19. The van der Waals surface area contributed by atoms with Crippen LogP contribution >= 0.6 is 0 Å². The summed E-state index contributed by atoms with van der Waals surface area (Å²) < 4.78 is 15.8. The number of hydrogen-bond donors (Lipinski definition) is 0. The van der Waals surface area contributed by atoms with Crippen molar-refractivity contribution in [3.63, 3.8) is 0 Å². The molecule has 1 aliphatic rings. The van der Waals surface area contributed by atoms with Gasteiger partial charge in [0.15, 0.2) is 6.29 Å². The first-order valence-electron chi connectivity index (χ1n) is 6.39. The standard InChI is InChI=1S/C13H22O4/c1-2-15-12(14)8-4-3-6-10-16-13-9-5-7-11-17-13/h4,8,13H,2-3,5-7,9-11H2,1H3/t13-/m0/s1. The molecule has 98 valence electrons. The van der Waals surface area contributed by atoms with Crippen LogP contribution in [-0.4, -0.2) is 32.1 Å². The molecule has 0 radical (unpaired) electrons. The van der Waals surface area contributed by atoms with Crippen molar-refractivity contribution in [1.29, 1.82) is 0 Å². The van der Waals surface area contributed by atoms with Crippen molar-refractivity contribution in [1.82, 2.24) is 0 Å². The third kappa shape index (κ3) is 7.13. The van der Waals surface area contributed by atoms with E-state index in [-0.39, 0.29) is 12.3 Å². The number of unbranched alkanes of at least 4 members (excludes halogenated alkanes) is 1. The summed E-state index contributed by atoms with van der Waals surface area (Å²) in [5.74, 6) is -0.274. The Bertz CT molecular complexity index is 232. The zero-order valence-corrected chi connectivity index (χ0v) is 10.5. The minimum atomic E-state index is -0.274. The average Bonchev–Trinajstić information content (AvgIpc) is 2.35. The van der Waals surface area contributed by atoms with Gasteiger partial charge in [0.2, 0.25) is 0 Å².